The number of β-amino-alcohol motifs (C(OH)–C–C–N with tert-alkyl or cyclic N) is 1. The number of anilines is 1. The lowest BCUT2D eigenvalue weighted by Crippen LogP contribution is -2.31. The molecule has 0 aliphatic carbocycles. The van der Waals surface area contributed by atoms with E-state index in [-0.39, 0.29) is 18.6 Å². The van der Waals surface area contributed by atoms with Crippen LogP contribution in [0, 0.1) is 30.6 Å². The number of halogens is 1. The summed E-state index contributed by atoms with van der Waals surface area (Å²) in [6.45, 7) is 13.3. The Bertz CT molecular complexity index is 1980. The summed E-state index contributed by atoms with van der Waals surface area (Å²) in [4.78, 5) is 37.8. The minimum Gasteiger partial charge on any atom is -0.481 e. The predicted octanol–water partition coefficient (Wildman–Crippen LogP) is 6.55. The summed E-state index contributed by atoms with van der Waals surface area (Å²) in [5.41, 5.74) is 6.78. The highest BCUT2D eigenvalue weighted by atomic mass is 35.5. The monoisotopic (exact) mass is 720 g/mol. The molecule has 52 heavy (non-hydrogen) atoms. The van der Waals surface area contributed by atoms with Gasteiger partial charge in [-0.05, 0) is 97.8 Å². The van der Waals surface area contributed by atoms with Crippen molar-refractivity contribution in [3.05, 3.63) is 105 Å². The number of aliphatic hydroxyl groups is 1. The third-order valence-corrected chi connectivity index (χ3v) is 10.1. The van der Waals surface area contributed by atoms with Crippen LogP contribution in [0.4, 0.5) is 5.69 Å². The van der Waals surface area contributed by atoms with Crippen LogP contribution in [0.3, 0.4) is 0 Å². The molecule has 2 atom stereocenters. The number of nitrogens with zero attached hydrogens (tertiary/aromatic N) is 5. The Morgan fingerprint density at radius 1 is 1.19 bits per heavy atom. The maximum Gasteiger partial charge on any atom is 0.310 e. The van der Waals surface area contributed by atoms with Gasteiger partial charge < -0.3 is 15.5 Å². The van der Waals surface area contributed by atoms with Crippen molar-refractivity contribution in [2.75, 3.05) is 44.6 Å². The summed E-state index contributed by atoms with van der Waals surface area (Å²) in [6, 6.07) is 13.6. The third kappa shape index (κ3) is 9.29. The van der Waals surface area contributed by atoms with Crippen LogP contribution in [-0.2, 0) is 16.1 Å². The fraction of sp³-hybridized carbons (Fsp3) is 0.341. The summed E-state index contributed by atoms with van der Waals surface area (Å²) in [7, 11) is 0. The predicted molar refractivity (Wildman–Crippen MR) is 207 cm³/mol. The number of aromatic nitrogens is 1. The molecule has 2 unspecified atom stereocenters. The normalized spacial score (nSPS) is 19.8. The smallest absolute Gasteiger partial charge is 0.310 e. The number of benzene rings is 2. The van der Waals surface area contributed by atoms with Gasteiger partial charge in [0, 0.05) is 61.4 Å². The molecule has 1 amide bonds. The molecule has 3 N–H and O–H groups in total. The second-order valence-electron chi connectivity index (χ2n) is 13.8. The van der Waals surface area contributed by atoms with Crippen molar-refractivity contribution in [3.63, 3.8) is 0 Å². The molecule has 0 bridgehead atoms. The lowest BCUT2D eigenvalue weighted by atomic mass is 9.90. The van der Waals surface area contributed by atoms with Gasteiger partial charge in [0.15, 0.2) is 0 Å². The zero-order valence-electron chi connectivity index (χ0n) is 29.9. The van der Waals surface area contributed by atoms with Crippen molar-refractivity contribution in [2.45, 2.75) is 46.3 Å². The number of pyridine rings is 1. The zero-order valence-corrected chi connectivity index (χ0v) is 30.7. The molecule has 10 nitrogen and oxygen atoms in total. The number of likely N-dealkylation sites (tertiary alicyclic amines) is 2. The molecule has 2 saturated heterocycles. The summed E-state index contributed by atoms with van der Waals surface area (Å²) in [5, 5.41) is 33.2. The number of hydrogen-bond acceptors (Lipinski definition) is 8. The van der Waals surface area contributed by atoms with E-state index >= 15 is 0 Å². The average molecular weight is 721 g/mol. The lowest BCUT2D eigenvalue weighted by Gasteiger charge is -2.21. The van der Waals surface area contributed by atoms with Gasteiger partial charge in [-0.1, -0.05) is 54.6 Å². The highest BCUT2D eigenvalue weighted by molar-refractivity contribution is 6.32. The number of aliphatic imine (C=N–C) groups is 1. The highest BCUT2D eigenvalue weighted by Crippen LogP contribution is 2.34. The second-order valence-corrected chi connectivity index (χ2v) is 14.2. The van der Waals surface area contributed by atoms with Crippen LogP contribution >= 0.6 is 11.6 Å². The fourth-order valence-corrected chi connectivity index (χ4v) is 7.01. The van der Waals surface area contributed by atoms with Crippen LogP contribution in [0.15, 0.2) is 71.9 Å². The summed E-state index contributed by atoms with van der Waals surface area (Å²) >= 11 is 6.73. The van der Waals surface area contributed by atoms with Crippen molar-refractivity contribution in [3.8, 4) is 17.2 Å². The fourth-order valence-electron chi connectivity index (χ4n) is 6.77. The quantitative estimate of drug-likeness (QED) is 0.133. The highest BCUT2D eigenvalue weighted by Gasteiger charge is 2.40. The van der Waals surface area contributed by atoms with Gasteiger partial charge in [-0.15, -0.1) is 0 Å². The van der Waals surface area contributed by atoms with Gasteiger partial charge in [0.25, 0.3) is 0 Å². The van der Waals surface area contributed by atoms with Gasteiger partial charge >= 0.3 is 5.97 Å². The standard InChI is InChI=1S/C41H45ClN6O4/c1-5-7-29(23-47-16-13-32(49)25-47)21-44-22-39(50)46-37-9-6-8-33(28(37)3)34-12-15-45-38(35(34)20-43)11-10-30-18-27(2)31(19-36(30)42)24-48-17-14-41(4,26-48)40(51)52/h5-12,15,18-19,21,32,49H,1,13-14,16-17,22-26H2,2-4H3,(H,46,50)(H,51,52)/b11-10+,29-7+,44-21?. The maximum atomic E-state index is 12.9. The number of carbonyl (C=O) groups is 2. The maximum absolute atomic E-state index is 12.9. The van der Waals surface area contributed by atoms with E-state index in [1.165, 1.54) is 0 Å². The first-order chi connectivity index (χ1) is 24.9. The number of amides is 1. The molecule has 3 heterocycles. The van der Waals surface area contributed by atoms with Gasteiger partial charge in [0.05, 0.1) is 22.8 Å². The van der Waals surface area contributed by atoms with Crippen molar-refractivity contribution in [1.82, 2.24) is 14.8 Å². The first kappa shape index (κ1) is 38.3. The molecule has 2 aliphatic rings. The van der Waals surface area contributed by atoms with E-state index in [9.17, 15) is 25.1 Å². The number of rotatable bonds is 13. The number of aliphatic hydroxyl groups excluding tert-OH is 1. The van der Waals surface area contributed by atoms with Gasteiger partial charge in [0.1, 0.15) is 12.6 Å². The first-order valence-corrected chi connectivity index (χ1v) is 17.7. The molecule has 0 radical (unpaired) electrons. The second kappa shape index (κ2) is 17.1. The van der Waals surface area contributed by atoms with E-state index in [2.05, 4.69) is 37.7 Å². The Labute approximate surface area is 310 Å². The van der Waals surface area contributed by atoms with Crippen molar-refractivity contribution >= 4 is 47.5 Å². The molecule has 1 aromatic heterocycles. The van der Waals surface area contributed by atoms with Crippen molar-refractivity contribution in [2.24, 2.45) is 10.4 Å². The Balaban J connectivity index is 1.28. The Hall–Kier alpha value is -4.92. The molecule has 5 rings (SSSR count). The molecular formula is C41H45ClN6O4. The van der Waals surface area contributed by atoms with Crippen molar-refractivity contribution in [1.29, 1.82) is 5.26 Å². The Morgan fingerprint density at radius 3 is 2.69 bits per heavy atom. The number of carboxylic acids is 1. The van der Waals surface area contributed by atoms with Crippen LogP contribution < -0.4 is 5.32 Å². The number of allylic oxidation sites excluding steroid dienone is 2. The molecule has 3 aromatic rings. The summed E-state index contributed by atoms with van der Waals surface area (Å²) in [6.07, 6.45) is 11.5. The number of hydrogen-bond donors (Lipinski definition) is 3. The number of carboxylic acid groups (broad SMARTS) is 1. The van der Waals surface area contributed by atoms with Crippen LogP contribution in [0.5, 0.6) is 0 Å². The first-order valence-electron chi connectivity index (χ1n) is 17.3. The average Bonchev–Trinajstić information content (AvgIpc) is 3.71. The lowest BCUT2D eigenvalue weighted by molar-refractivity contribution is -0.147. The van der Waals surface area contributed by atoms with E-state index in [0.29, 0.717) is 66.7 Å². The van der Waals surface area contributed by atoms with E-state index in [4.69, 9.17) is 11.6 Å². The van der Waals surface area contributed by atoms with Crippen LogP contribution in [0.1, 0.15) is 53.3 Å². The number of carbonyl (C=O) groups excluding carboxylic acids is 1. The minimum atomic E-state index is -0.769. The molecule has 0 spiro atoms. The summed E-state index contributed by atoms with van der Waals surface area (Å²) in [5.74, 6) is -1.04. The number of nitrogens with one attached hydrogen (secondary N) is 1. The van der Waals surface area contributed by atoms with Gasteiger partial charge in [0.2, 0.25) is 5.91 Å². The van der Waals surface area contributed by atoms with E-state index in [1.54, 1.807) is 37.6 Å². The number of aryl methyl sites for hydroxylation is 1. The molecular weight excluding hydrogens is 676 g/mol. The van der Waals surface area contributed by atoms with Crippen LogP contribution in [0.2, 0.25) is 5.02 Å². The van der Waals surface area contributed by atoms with Crippen LogP contribution in [0.25, 0.3) is 23.3 Å². The van der Waals surface area contributed by atoms with Gasteiger partial charge in [-0.2, -0.15) is 5.26 Å². The third-order valence-electron chi connectivity index (χ3n) is 9.81. The van der Waals surface area contributed by atoms with Crippen molar-refractivity contribution < 1.29 is 19.8 Å². The number of nitriles is 1. The molecule has 11 heteroatoms. The molecule has 0 saturated carbocycles. The summed E-state index contributed by atoms with van der Waals surface area (Å²) < 4.78 is 0. The Kier molecular flexibility index (Phi) is 12.6. The zero-order chi connectivity index (χ0) is 37.4. The Morgan fingerprint density at radius 2 is 2.00 bits per heavy atom. The van der Waals surface area contributed by atoms with Gasteiger partial charge in [-0.3, -0.25) is 29.4 Å². The largest absolute Gasteiger partial charge is 0.481 e. The topological polar surface area (TPSA) is 142 Å². The molecule has 2 aromatic carbocycles. The molecule has 270 valence electrons. The van der Waals surface area contributed by atoms with Crippen LogP contribution in [-0.4, -0.2) is 88.5 Å². The molecule has 2 fully saturated rings. The van der Waals surface area contributed by atoms with E-state index < -0.39 is 11.4 Å². The van der Waals surface area contributed by atoms with E-state index in [0.717, 1.165) is 46.4 Å². The minimum absolute atomic E-state index is 0.0696. The SMILES string of the molecule is C=C/C=C(\C=NCC(=O)Nc1cccc(-c2ccnc(/C=C/c3cc(C)c(CN4CCC(C)(C(=O)O)C4)cc3Cl)c2C#N)c1C)CN1CCC(O)C1. The number of aliphatic carboxylic acids is 1. The van der Waals surface area contributed by atoms with Gasteiger partial charge in [-0.25, -0.2) is 0 Å². The van der Waals surface area contributed by atoms with E-state index in [1.807, 2.05) is 56.3 Å². The molecule has 2 aliphatic heterocycles.